The number of aromatic nitrogens is 3. The van der Waals surface area contributed by atoms with Crippen LogP contribution in [0.15, 0.2) is 24.3 Å². The van der Waals surface area contributed by atoms with Crippen LogP contribution in [0, 0.1) is 13.8 Å². The van der Waals surface area contributed by atoms with Gasteiger partial charge in [-0.05, 0) is 25.5 Å². The molecule has 3 rings (SSSR count). The minimum atomic E-state index is 0.0145. The summed E-state index contributed by atoms with van der Waals surface area (Å²) in [6.07, 6.45) is 5.25. The van der Waals surface area contributed by atoms with Crippen molar-refractivity contribution in [3.63, 3.8) is 0 Å². The number of allylic oxidation sites excluding steroid dienone is 1. The molecule has 0 saturated heterocycles. The first-order valence-corrected chi connectivity index (χ1v) is 6.25. The Morgan fingerprint density at radius 3 is 2.61 bits per heavy atom. The minimum Gasteiger partial charge on any atom is -0.258 e. The molecule has 1 heterocycles. The highest BCUT2D eigenvalue weighted by Gasteiger charge is 2.29. The van der Waals surface area contributed by atoms with Crippen molar-refractivity contribution in [3.8, 4) is 0 Å². The second-order valence-electron chi connectivity index (χ2n) is 5.48. The van der Waals surface area contributed by atoms with Gasteiger partial charge in [0, 0.05) is 11.8 Å². The topological polar surface area (TPSA) is 41.6 Å². The number of H-pyrrole nitrogens is 1. The molecule has 18 heavy (non-hydrogen) atoms. The third kappa shape index (κ3) is 1.76. The van der Waals surface area contributed by atoms with Gasteiger partial charge < -0.3 is 0 Å². The summed E-state index contributed by atoms with van der Waals surface area (Å²) in [5.41, 5.74) is 6.08. The first-order chi connectivity index (χ1) is 8.57. The Hall–Kier alpha value is -1.90. The van der Waals surface area contributed by atoms with E-state index in [4.69, 9.17) is 0 Å². The standard InChI is InChI=1S/C15H17N3/c1-10-6-11(2)8-12(7-10)15(3)5-4-13-14(9-15)17-18-16-13/h4-8H,9H2,1-3H3,(H,16,17,18). The van der Waals surface area contributed by atoms with Gasteiger partial charge >= 0.3 is 0 Å². The maximum absolute atomic E-state index is 4.17. The summed E-state index contributed by atoms with van der Waals surface area (Å²) in [4.78, 5) is 0. The van der Waals surface area contributed by atoms with E-state index >= 15 is 0 Å². The van der Waals surface area contributed by atoms with Crippen molar-refractivity contribution < 1.29 is 0 Å². The number of nitrogens with one attached hydrogen (secondary N) is 1. The number of hydrogen-bond donors (Lipinski definition) is 1. The lowest BCUT2D eigenvalue weighted by Gasteiger charge is -2.29. The van der Waals surface area contributed by atoms with E-state index < -0.39 is 0 Å². The fourth-order valence-corrected chi connectivity index (χ4v) is 2.70. The number of fused-ring (bicyclic) bond motifs is 1. The van der Waals surface area contributed by atoms with E-state index in [1.165, 1.54) is 16.7 Å². The van der Waals surface area contributed by atoms with Crippen molar-refractivity contribution in [2.24, 2.45) is 0 Å². The van der Waals surface area contributed by atoms with Crippen LogP contribution in [0.1, 0.15) is 35.0 Å². The van der Waals surface area contributed by atoms with E-state index in [-0.39, 0.29) is 5.41 Å². The fraction of sp³-hybridized carbons (Fsp3) is 0.333. The van der Waals surface area contributed by atoms with Crippen molar-refractivity contribution in [2.75, 3.05) is 0 Å². The number of hydrogen-bond acceptors (Lipinski definition) is 2. The highest BCUT2D eigenvalue weighted by Crippen LogP contribution is 2.34. The van der Waals surface area contributed by atoms with Crippen LogP contribution in [0.3, 0.4) is 0 Å². The van der Waals surface area contributed by atoms with Gasteiger partial charge in [0.25, 0.3) is 0 Å². The first-order valence-electron chi connectivity index (χ1n) is 6.25. The van der Waals surface area contributed by atoms with Crippen molar-refractivity contribution in [1.82, 2.24) is 15.4 Å². The minimum absolute atomic E-state index is 0.0145. The number of aryl methyl sites for hydroxylation is 2. The summed E-state index contributed by atoms with van der Waals surface area (Å²) in [5, 5.41) is 11.0. The predicted octanol–water partition coefficient (Wildman–Crippen LogP) is 2.95. The summed E-state index contributed by atoms with van der Waals surface area (Å²) in [5.74, 6) is 0. The summed E-state index contributed by atoms with van der Waals surface area (Å²) in [6.45, 7) is 6.55. The molecule has 0 radical (unpaired) electrons. The molecule has 1 aromatic carbocycles. The van der Waals surface area contributed by atoms with Gasteiger partial charge in [0.2, 0.25) is 0 Å². The molecule has 0 amide bonds. The maximum atomic E-state index is 4.17. The van der Waals surface area contributed by atoms with Crippen molar-refractivity contribution in [1.29, 1.82) is 0 Å². The Bertz CT molecular complexity index is 604. The van der Waals surface area contributed by atoms with Crippen LogP contribution in [0.2, 0.25) is 0 Å². The van der Waals surface area contributed by atoms with E-state index in [1.54, 1.807) is 0 Å². The van der Waals surface area contributed by atoms with Crippen molar-refractivity contribution in [2.45, 2.75) is 32.6 Å². The molecule has 3 nitrogen and oxygen atoms in total. The maximum Gasteiger partial charge on any atom is 0.0909 e. The SMILES string of the molecule is Cc1cc(C)cc(C2(C)C=Cc3[nH]nnc3C2)c1. The molecule has 1 atom stereocenters. The molecule has 0 bridgehead atoms. The molecule has 0 fully saturated rings. The molecule has 0 spiro atoms. The van der Waals surface area contributed by atoms with Gasteiger partial charge in [0.05, 0.1) is 11.4 Å². The average molecular weight is 239 g/mol. The summed E-state index contributed by atoms with van der Waals surface area (Å²) in [6, 6.07) is 6.74. The van der Waals surface area contributed by atoms with E-state index in [9.17, 15) is 0 Å². The highest BCUT2D eigenvalue weighted by atomic mass is 15.3. The largest absolute Gasteiger partial charge is 0.258 e. The zero-order valence-corrected chi connectivity index (χ0v) is 11.0. The molecule has 92 valence electrons. The van der Waals surface area contributed by atoms with Crippen LogP contribution < -0.4 is 0 Å². The predicted molar refractivity (Wildman–Crippen MR) is 72.4 cm³/mol. The molecule has 1 aromatic heterocycles. The lowest BCUT2D eigenvalue weighted by Crippen LogP contribution is -2.25. The smallest absolute Gasteiger partial charge is 0.0909 e. The molecule has 3 heteroatoms. The lowest BCUT2D eigenvalue weighted by atomic mass is 9.75. The van der Waals surface area contributed by atoms with E-state index in [1.807, 2.05) is 0 Å². The highest BCUT2D eigenvalue weighted by molar-refractivity contribution is 5.55. The Morgan fingerprint density at radius 2 is 1.89 bits per heavy atom. The molecule has 1 aliphatic carbocycles. The molecular formula is C15H17N3. The van der Waals surface area contributed by atoms with E-state index in [2.05, 4.69) is 66.5 Å². The van der Waals surface area contributed by atoms with Gasteiger partial charge in [0.1, 0.15) is 0 Å². The van der Waals surface area contributed by atoms with Gasteiger partial charge in [0.15, 0.2) is 0 Å². The Balaban J connectivity index is 2.06. The fourth-order valence-electron chi connectivity index (χ4n) is 2.70. The quantitative estimate of drug-likeness (QED) is 0.831. The number of aromatic amines is 1. The van der Waals surface area contributed by atoms with Crippen LogP contribution >= 0.6 is 0 Å². The van der Waals surface area contributed by atoms with Crippen molar-refractivity contribution in [3.05, 3.63) is 52.4 Å². The van der Waals surface area contributed by atoms with Gasteiger partial charge in [-0.25, -0.2) is 0 Å². The molecule has 2 aromatic rings. The van der Waals surface area contributed by atoms with E-state index in [0.717, 1.165) is 17.8 Å². The third-order valence-electron chi connectivity index (χ3n) is 3.69. The van der Waals surface area contributed by atoms with Crippen LogP contribution in [0.5, 0.6) is 0 Å². The molecule has 0 saturated carbocycles. The zero-order valence-electron chi connectivity index (χ0n) is 11.0. The Morgan fingerprint density at radius 1 is 1.17 bits per heavy atom. The molecule has 1 N–H and O–H groups in total. The summed E-state index contributed by atoms with van der Waals surface area (Å²) in [7, 11) is 0. The van der Waals surface area contributed by atoms with Crippen LogP contribution in [-0.4, -0.2) is 15.4 Å². The number of benzene rings is 1. The Kier molecular flexibility index (Phi) is 2.37. The monoisotopic (exact) mass is 239 g/mol. The number of rotatable bonds is 1. The van der Waals surface area contributed by atoms with Gasteiger partial charge in [-0.3, -0.25) is 5.10 Å². The van der Waals surface area contributed by atoms with Gasteiger partial charge in [-0.2, -0.15) is 0 Å². The van der Waals surface area contributed by atoms with Crippen molar-refractivity contribution >= 4 is 6.08 Å². The molecule has 1 unspecified atom stereocenters. The first kappa shape index (κ1) is 11.2. The van der Waals surface area contributed by atoms with Gasteiger partial charge in [-0.1, -0.05) is 47.5 Å². The summed E-state index contributed by atoms with van der Waals surface area (Å²) < 4.78 is 0. The second kappa shape index (κ2) is 3.80. The van der Waals surface area contributed by atoms with Gasteiger partial charge in [-0.15, -0.1) is 5.10 Å². The molecule has 0 aliphatic heterocycles. The van der Waals surface area contributed by atoms with E-state index in [0.29, 0.717) is 0 Å². The summed E-state index contributed by atoms with van der Waals surface area (Å²) >= 11 is 0. The zero-order chi connectivity index (χ0) is 12.8. The Labute approximate surface area is 107 Å². The lowest BCUT2D eigenvalue weighted by molar-refractivity contribution is 0.576. The van der Waals surface area contributed by atoms with Crippen LogP contribution in [-0.2, 0) is 11.8 Å². The molecule has 1 aliphatic rings. The van der Waals surface area contributed by atoms with Crippen LogP contribution in [0.4, 0.5) is 0 Å². The molecular weight excluding hydrogens is 222 g/mol. The average Bonchev–Trinajstić information content (AvgIpc) is 2.74. The number of nitrogens with zero attached hydrogens (tertiary/aromatic N) is 2. The second-order valence-corrected chi connectivity index (χ2v) is 5.48. The normalized spacial score (nSPS) is 21.9. The van der Waals surface area contributed by atoms with Crippen LogP contribution in [0.25, 0.3) is 6.08 Å². The third-order valence-corrected chi connectivity index (χ3v) is 3.69.